The van der Waals surface area contributed by atoms with Gasteiger partial charge in [0.2, 0.25) is 0 Å². The van der Waals surface area contributed by atoms with Gasteiger partial charge in [-0.2, -0.15) is 0 Å². The Hall–Kier alpha value is -1.75. The second-order valence-electron chi connectivity index (χ2n) is 4.95. The number of nitrogens with two attached hydrogens (primary N) is 1. The molecule has 6 heteroatoms. The van der Waals surface area contributed by atoms with E-state index in [0.717, 1.165) is 12.8 Å². The van der Waals surface area contributed by atoms with Crippen molar-refractivity contribution in [1.29, 1.82) is 0 Å². The van der Waals surface area contributed by atoms with Crippen molar-refractivity contribution in [2.75, 3.05) is 5.73 Å². The van der Waals surface area contributed by atoms with Gasteiger partial charge >= 0.3 is 5.97 Å². The summed E-state index contributed by atoms with van der Waals surface area (Å²) in [4.78, 5) is 23.9. The number of amides is 1. The van der Waals surface area contributed by atoms with E-state index in [9.17, 15) is 9.59 Å². The molecule has 3 N–H and O–H groups in total. The standard InChI is InChI=1S/C15H21ClN2O3/c1-4-6-9(2)18-14(19)10(3)21-15(20)11-7-5-8-12(17)13(11)16/h5,7-10H,4,6,17H2,1-3H3,(H,18,19). The highest BCUT2D eigenvalue weighted by molar-refractivity contribution is 6.36. The Morgan fingerprint density at radius 3 is 2.67 bits per heavy atom. The van der Waals surface area contributed by atoms with E-state index in [4.69, 9.17) is 22.1 Å². The third-order valence-electron chi connectivity index (χ3n) is 3.01. The van der Waals surface area contributed by atoms with E-state index in [1.165, 1.54) is 13.0 Å². The van der Waals surface area contributed by atoms with Crippen molar-refractivity contribution < 1.29 is 14.3 Å². The minimum atomic E-state index is -0.894. The number of hydrogen-bond donors (Lipinski definition) is 2. The van der Waals surface area contributed by atoms with Crippen molar-refractivity contribution in [2.24, 2.45) is 0 Å². The third kappa shape index (κ3) is 4.93. The number of halogens is 1. The summed E-state index contributed by atoms with van der Waals surface area (Å²) in [5, 5.41) is 2.92. The zero-order valence-corrected chi connectivity index (χ0v) is 13.2. The molecule has 0 radical (unpaired) electrons. The maximum absolute atomic E-state index is 12.0. The van der Waals surface area contributed by atoms with Crippen molar-refractivity contribution in [3.8, 4) is 0 Å². The van der Waals surface area contributed by atoms with Crippen LogP contribution >= 0.6 is 11.6 Å². The van der Waals surface area contributed by atoms with Gasteiger partial charge in [0, 0.05) is 6.04 Å². The molecule has 0 saturated carbocycles. The molecular weight excluding hydrogens is 292 g/mol. The average Bonchev–Trinajstić information content (AvgIpc) is 2.41. The van der Waals surface area contributed by atoms with E-state index < -0.39 is 12.1 Å². The molecule has 21 heavy (non-hydrogen) atoms. The first kappa shape index (κ1) is 17.3. The van der Waals surface area contributed by atoms with E-state index in [1.54, 1.807) is 12.1 Å². The topological polar surface area (TPSA) is 81.4 Å². The first-order valence-corrected chi connectivity index (χ1v) is 7.30. The van der Waals surface area contributed by atoms with Crippen LogP contribution in [0.25, 0.3) is 0 Å². The second-order valence-corrected chi connectivity index (χ2v) is 5.33. The Morgan fingerprint density at radius 2 is 2.05 bits per heavy atom. The van der Waals surface area contributed by atoms with E-state index >= 15 is 0 Å². The molecule has 0 spiro atoms. The Labute approximate surface area is 129 Å². The van der Waals surface area contributed by atoms with Crippen LogP contribution in [0, 0.1) is 0 Å². The molecule has 0 aromatic heterocycles. The van der Waals surface area contributed by atoms with Gasteiger partial charge in [0.1, 0.15) is 0 Å². The molecule has 2 atom stereocenters. The minimum Gasteiger partial charge on any atom is -0.449 e. The smallest absolute Gasteiger partial charge is 0.340 e. The number of hydrogen-bond acceptors (Lipinski definition) is 4. The Kier molecular flexibility index (Phi) is 6.49. The van der Waals surface area contributed by atoms with Crippen LogP contribution in [0.5, 0.6) is 0 Å². The molecule has 5 nitrogen and oxygen atoms in total. The quantitative estimate of drug-likeness (QED) is 0.625. The number of rotatable bonds is 6. The lowest BCUT2D eigenvalue weighted by Crippen LogP contribution is -2.40. The third-order valence-corrected chi connectivity index (χ3v) is 3.43. The first-order valence-electron chi connectivity index (χ1n) is 6.92. The number of carbonyl (C=O) groups is 2. The molecule has 0 aliphatic carbocycles. The van der Waals surface area contributed by atoms with Gasteiger partial charge in [-0.1, -0.05) is 31.0 Å². The van der Waals surface area contributed by atoms with E-state index in [0.29, 0.717) is 5.69 Å². The average molecular weight is 313 g/mol. The summed E-state index contributed by atoms with van der Waals surface area (Å²) < 4.78 is 5.12. The zero-order chi connectivity index (χ0) is 16.0. The lowest BCUT2D eigenvalue weighted by atomic mass is 10.2. The highest BCUT2D eigenvalue weighted by atomic mass is 35.5. The minimum absolute atomic E-state index is 0.0413. The number of benzene rings is 1. The van der Waals surface area contributed by atoms with E-state index in [-0.39, 0.29) is 22.5 Å². The number of anilines is 1. The lowest BCUT2D eigenvalue weighted by molar-refractivity contribution is -0.129. The molecule has 2 unspecified atom stereocenters. The monoisotopic (exact) mass is 312 g/mol. The van der Waals surface area contributed by atoms with Crippen molar-refractivity contribution in [3.05, 3.63) is 28.8 Å². The van der Waals surface area contributed by atoms with Gasteiger partial charge in [-0.05, 0) is 32.4 Å². The van der Waals surface area contributed by atoms with Gasteiger partial charge in [0.25, 0.3) is 5.91 Å². The van der Waals surface area contributed by atoms with E-state index in [2.05, 4.69) is 5.32 Å². The first-order chi connectivity index (χ1) is 9.86. The Bertz CT molecular complexity index is 520. The highest BCUT2D eigenvalue weighted by Gasteiger charge is 2.22. The van der Waals surface area contributed by atoms with Crippen LogP contribution in [0.4, 0.5) is 5.69 Å². The maximum Gasteiger partial charge on any atom is 0.340 e. The van der Waals surface area contributed by atoms with Crippen LogP contribution in [-0.4, -0.2) is 24.0 Å². The lowest BCUT2D eigenvalue weighted by Gasteiger charge is -2.17. The molecular formula is C15H21ClN2O3. The van der Waals surface area contributed by atoms with Gasteiger partial charge in [0.15, 0.2) is 6.10 Å². The largest absolute Gasteiger partial charge is 0.449 e. The molecule has 0 aliphatic rings. The fourth-order valence-electron chi connectivity index (χ4n) is 1.85. The Morgan fingerprint density at radius 1 is 1.38 bits per heavy atom. The second kappa shape index (κ2) is 7.88. The number of nitrogens with one attached hydrogen (secondary N) is 1. The van der Waals surface area contributed by atoms with Gasteiger partial charge in [-0.15, -0.1) is 0 Å². The molecule has 0 saturated heterocycles. The normalized spacial score (nSPS) is 13.3. The van der Waals surface area contributed by atoms with Crippen LogP contribution in [0.15, 0.2) is 18.2 Å². The summed E-state index contributed by atoms with van der Waals surface area (Å²) in [6.45, 7) is 5.46. The molecule has 0 bridgehead atoms. The van der Waals surface area contributed by atoms with Crippen LogP contribution in [0.3, 0.4) is 0 Å². The van der Waals surface area contributed by atoms with Crippen molar-refractivity contribution in [2.45, 2.75) is 45.8 Å². The predicted octanol–water partition coefficient (Wildman–Crippen LogP) is 2.77. The Balaban J connectivity index is 2.65. The molecule has 1 aromatic rings. The number of ether oxygens (including phenoxy) is 1. The molecule has 0 fully saturated rings. The molecule has 1 aromatic carbocycles. The van der Waals surface area contributed by atoms with Gasteiger partial charge in [0.05, 0.1) is 16.3 Å². The zero-order valence-electron chi connectivity index (χ0n) is 12.5. The van der Waals surface area contributed by atoms with Gasteiger partial charge in [-0.3, -0.25) is 4.79 Å². The van der Waals surface area contributed by atoms with Crippen molar-refractivity contribution >= 4 is 29.2 Å². The fraction of sp³-hybridized carbons (Fsp3) is 0.467. The summed E-state index contributed by atoms with van der Waals surface area (Å²) in [5.74, 6) is -0.998. The SMILES string of the molecule is CCCC(C)NC(=O)C(C)OC(=O)c1cccc(N)c1Cl. The maximum atomic E-state index is 12.0. The summed E-state index contributed by atoms with van der Waals surface area (Å²) >= 11 is 5.95. The summed E-state index contributed by atoms with van der Waals surface area (Å²) in [6, 6.07) is 4.73. The van der Waals surface area contributed by atoms with Gasteiger partial charge < -0.3 is 15.8 Å². The van der Waals surface area contributed by atoms with Crippen LogP contribution < -0.4 is 11.1 Å². The van der Waals surface area contributed by atoms with Crippen LogP contribution in [-0.2, 0) is 9.53 Å². The predicted molar refractivity (Wildman–Crippen MR) is 83.3 cm³/mol. The fourth-order valence-corrected chi connectivity index (χ4v) is 2.05. The van der Waals surface area contributed by atoms with Crippen molar-refractivity contribution in [1.82, 2.24) is 5.32 Å². The molecule has 1 rings (SSSR count). The summed E-state index contributed by atoms with van der Waals surface area (Å²) in [5.41, 5.74) is 6.07. The number of esters is 1. The molecule has 0 heterocycles. The van der Waals surface area contributed by atoms with Gasteiger partial charge in [-0.25, -0.2) is 4.79 Å². The number of carbonyl (C=O) groups excluding carboxylic acids is 2. The summed E-state index contributed by atoms with van der Waals surface area (Å²) in [6.07, 6.45) is 0.941. The van der Waals surface area contributed by atoms with E-state index in [1.807, 2.05) is 13.8 Å². The van der Waals surface area contributed by atoms with Crippen LogP contribution in [0.1, 0.15) is 44.0 Å². The van der Waals surface area contributed by atoms with Crippen LogP contribution in [0.2, 0.25) is 5.02 Å². The number of nitrogen functional groups attached to an aromatic ring is 1. The molecule has 116 valence electrons. The van der Waals surface area contributed by atoms with Crippen molar-refractivity contribution in [3.63, 3.8) is 0 Å². The summed E-state index contributed by atoms with van der Waals surface area (Å²) in [7, 11) is 0. The molecule has 0 aliphatic heterocycles. The highest BCUT2D eigenvalue weighted by Crippen LogP contribution is 2.24. The molecule has 1 amide bonds.